The van der Waals surface area contributed by atoms with Crippen LogP contribution in [0.2, 0.25) is 0 Å². The lowest BCUT2D eigenvalue weighted by Crippen LogP contribution is -2.32. The van der Waals surface area contributed by atoms with Gasteiger partial charge in [0, 0.05) is 47.4 Å². The Kier molecular flexibility index (Phi) is 4.83. The van der Waals surface area contributed by atoms with Gasteiger partial charge in [0.05, 0.1) is 0 Å². The Hall–Kier alpha value is -3.40. The molecule has 2 aliphatic heterocycles. The highest BCUT2D eigenvalue weighted by Crippen LogP contribution is 2.35. The molecule has 2 N–H and O–H groups in total. The number of hydrogen-bond donors (Lipinski definition) is 2. The molecule has 0 spiro atoms. The Morgan fingerprint density at radius 2 is 1.07 bits per heavy atom. The number of carbonyl (C=O) groups is 2. The standard InChI is InChI=1S/C26H24N2O2/c29-25(17-7-3-1-4-8-17)21-12-19-11-20-13-22(26(30)18-9-5-2-6-10-18)16-28-24(20)14-23(19)27-15-21/h1-11,14,21-22,27-28H,12-13,15-16H2/t21-,22-/m1/s1. The van der Waals surface area contributed by atoms with E-state index in [1.54, 1.807) is 0 Å². The summed E-state index contributed by atoms with van der Waals surface area (Å²) < 4.78 is 0. The van der Waals surface area contributed by atoms with Crippen molar-refractivity contribution in [3.05, 3.63) is 95.1 Å². The Balaban J connectivity index is 1.36. The van der Waals surface area contributed by atoms with Crippen molar-refractivity contribution in [2.75, 3.05) is 23.7 Å². The maximum atomic E-state index is 12.9. The summed E-state index contributed by atoms with van der Waals surface area (Å²) in [4.78, 5) is 25.8. The van der Waals surface area contributed by atoms with Crippen LogP contribution in [0.25, 0.3) is 0 Å². The largest absolute Gasteiger partial charge is 0.384 e. The topological polar surface area (TPSA) is 58.2 Å². The summed E-state index contributed by atoms with van der Waals surface area (Å²) in [5.74, 6) is 0.218. The predicted octanol–water partition coefficient (Wildman–Crippen LogP) is 4.62. The molecular formula is C26H24N2O2. The highest BCUT2D eigenvalue weighted by molar-refractivity contribution is 5.99. The second-order valence-corrected chi connectivity index (χ2v) is 8.19. The number of fused-ring (bicyclic) bond motifs is 2. The molecule has 2 heterocycles. The van der Waals surface area contributed by atoms with Gasteiger partial charge >= 0.3 is 0 Å². The van der Waals surface area contributed by atoms with E-state index in [1.807, 2.05) is 60.7 Å². The van der Waals surface area contributed by atoms with E-state index < -0.39 is 0 Å². The molecule has 150 valence electrons. The second-order valence-electron chi connectivity index (χ2n) is 8.19. The maximum Gasteiger partial charge on any atom is 0.168 e. The van der Waals surface area contributed by atoms with E-state index in [0.29, 0.717) is 13.1 Å². The molecule has 0 unspecified atom stereocenters. The summed E-state index contributed by atoms with van der Waals surface area (Å²) >= 11 is 0. The van der Waals surface area contributed by atoms with Crippen LogP contribution in [0.15, 0.2) is 72.8 Å². The quantitative estimate of drug-likeness (QED) is 0.632. The fourth-order valence-electron chi connectivity index (χ4n) is 4.55. The van der Waals surface area contributed by atoms with E-state index in [2.05, 4.69) is 22.8 Å². The van der Waals surface area contributed by atoms with E-state index >= 15 is 0 Å². The number of benzene rings is 3. The zero-order valence-corrected chi connectivity index (χ0v) is 16.7. The zero-order valence-electron chi connectivity index (χ0n) is 16.7. The predicted molar refractivity (Wildman–Crippen MR) is 119 cm³/mol. The average Bonchev–Trinajstić information content (AvgIpc) is 2.82. The molecule has 0 aliphatic carbocycles. The van der Waals surface area contributed by atoms with Crippen LogP contribution in [0.1, 0.15) is 31.8 Å². The second kappa shape index (κ2) is 7.79. The number of ketones is 2. The van der Waals surface area contributed by atoms with Gasteiger partial charge < -0.3 is 10.6 Å². The lowest BCUT2D eigenvalue weighted by atomic mass is 9.83. The normalized spacial score (nSPS) is 19.6. The summed E-state index contributed by atoms with van der Waals surface area (Å²) in [6.45, 7) is 1.29. The highest BCUT2D eigenvalue weighted by atomic mass is 16.1. The molecule has 3 aromatic carbocycles. The fraction of sp³-hybridized carbons (Fsp3) is 0.231. The molecule has 0 aromatic heterocycles. The molecule has 3 aromatic rings. The van der Waals surface area contributed by atoms with Gasteiger partial charge in [-0.2, -0.15) is 0 Å². The van der Waals surface area contributed by atoms with E-state index in [9.17, 15) is 9.59 Å². The molecule has 4 heteroatoms. The van der Waals surface area contributed by atoms with Gasteiger partial charge in [-0.25, -0.2) is 0 Å². The number of Topliss-reactive ketones (excluding diaryl/α,β-unsaturated/α-hetero) is 2. The van der Waals surface area contributed by atoms with Crippen molar-refractivity contribution in [1.29, 1.82) is 0 Å². The van der Waals surface area contributed by atoms with Gasteiger partial charge in [0.15, 0.2) is 11.6 Å². The Morgan fingerprint density at radius 3 is 1.50 bits per heavy atom. The smallest absolute Gasteiger partial charge is 0.168 e. The third kappa shape index (κ3) is 3.50. The first kappa shape index (κ1) is 18.6. The molecular weight excluding hydrogens is 372 g/mol. The van der Waals surface area contributed by atoms with E-state index in [1.165, 1.54) is 0 Å². The first-order chi connectivity index (χ1) is 14.7. The fourth-order valence-corrected chi connectivity index (χ4v) is 4.55. The maximum absolute atomic E-state index is 12.9. The van der Waals surface area contributed by atoms with Crippen LogP contribution < -0.4 is 10.6 Å². The van der Waals surface area contributed by atoms with E-state index in [-0.39, 0.29) is 23.4 Å². The van der Waals surface area contributed by atoms with Crippen molar-refractivity contribution in [3.63, 3.8) is 0 Å². The van der Waals surface area contributed by atoms with Gasteiger partial charge in [0.1, 0.15) is 0 Å². The lowest BCUT2D eigenvalue weighted by molar-refractivity contribution is 0.0918. The number of anilines is 2. The SMILES string of the molecule is O=C(c1ccccc1)[C@H]1CNc2cc3c(cc2C1)C[C@@H](C(=O)c1ccccc1)CN3. The van der Waals surface area contributed by atoms with Crippen LogP contribution in [0, 0.1) is 11.8 Å². The van der Waals surface area contributed by atoms with Crippen molar-refractivity contribution < 1.29 is 9.59 Å². The molecule has 2 atom stereocenters. The minimum atomic E-state index is -0.0729. The highest BCUT2D eigenvalue weighted by Gasteiger charge is 2.29. The van der Waals surface area contributed by atoms with Gasteiger partial charge in [-0.1, -0.05) is 66.7 Å². The third-order valence-electron chi connectivity index (χ3n) is 6.20. The van der Waals surface area contributed by atoms with Crippen LogP contribution >= 0.6 is 0 Å². The molecule has 30 heavy (non-hydrogen) atoms. The van der Waals surface area contributed by atoms with Crippen molar-refractivity contribution in [2.45, 2.75) is 12.8 Å². The lowest BCUT2D eigenvalue weighted by Gasteiger charge is -2.30. The van der Waals surface area contributed by atoms with Crippen molar-refractivity contribution in [2.24, 2.45) is 11.8 Å². The van der Waals surface area contributed by atoms with Gasteiger partial charge in [0.25, 0.3) is 0 Å². The van der Waals surface area contributed by atoms with Crippen molar-refractivity contribution in [1.82, 2.24) is 0 Å². The van der Waals surface area contributed by atoms with Crippen molar-refractivity contribution >= 4 is 22.9 Å². The van der Waals surface area contributed by atoms with Crippen LogP contribution in [-0.2, 0) is 12.8 Å². The molecule has 0 bridgehead atoms. The Labute approximate surface area is 176 Å². The number of carbonyl (C=O) groups excluding carboxylic acids is 2. The van der Waals surface area contributed by atoms with Gasteiger partial charge in [-0.15, -0.1) is 0 Å². The van der Waals surface area contributed by atoms with Gasteiger partial charge in [-0.3, -0.25) is 9.59 Å². The first-order valence-electron chi connectivity index (χ1n) is 10.5. The third-order valence-corrected chi connectivity index (χ3v) is 6.20. The Morgan fingerprint density at radius 1 is 0.633 bits per heavy atom. The van der Waals surface area contributed by atoms with Crippen LogP contribution in [0.4, 0.5) is 11.4 Å². The van der Waals surface area contributed by atoms with Crippen LogP contribution in [-0.4, -0.2) is 24.7 Å². The van der Waals surface area contributed by atoms with Crippen molar-refractivity contribution in [3.8, 4) is 0 Å². The summed E-state index contributed by atoms with van der Waals surface area (Å²) in [6.07, 6.45) is 1.45. The summed E-state index contributed by atoms with van der Waals surface area (Å²) in [6, 6.07) is 23.3. The van der Waals surface area contributed by atoms with Crippen LogP contribution in [0.3, 0.4) is 0 Å². The first-order valence-corrected chi connectivity index (χ1v) is 10.5. The molecule has 2 aliphatic rings. The molecule has 4 nitrogen and oxygen atoms in total. The minimum absolute atomic E-state index is 0.0729. The summed E-state index contributed by atoms with van der Waals surface area (Å²) in [5, 5.41) is 6.89. The molecule has 0 radical (unpaired) electrons. The zero-order chi connectivity index (χ0) is 20.5. The molecule has 5 rings (SSSR count). The minimum Gasteiger partial charge on any atom is -0.384 e. The number of nitrogens with one attached hydrogen (secondary N) is 2. The average molecular weight is 396 g/mol. The van der Waals surface area contributed by atoms with E-state index in [0.717, 1.165) is 46.5 Å². The molecule has 0 saturated heterocycles. The summed E-state index contributed by atoms with van der Waals surface area (Å²) in [5.41, 5.74) is 6.02. The molecule has 0 fully saturated rings. The van der Waals surface area contributed by atoms with E-state index in [4.69, 9.17) is 0 Å². The monoisotopic (exact) mass is 396 g/mol. The molecule has 0 amide bonds. The van der Waals surface area contributed by atoms with Gasteiger partial charge in [-0.05, 0) is 30.0 Å². The summed E-state index contributed by atoms with van der Waals surface area (Å²) in [7, 11) is 0. The number of hydrogen-bond acceptors (Lipinski definition) is 4. The molecule has 0 saturated carbocycles. The number of rotatable bonds is 4. The van der Waals surface area contributed by atoms with Gasteiger partial charge in [0.2, 0.25) is 0 Å². The van der Waals surface area contributed by atoms with Crippen LogP contribution in [0.5, 0.6) is 0 Å². The Bertz CT molecular complexity index is 1010.